The van der Waals surface area contributed by atoms with Crippen LogP contribution in [-0.4, -0.2) is 82.1 Å². The Morgan fingerprint density at radius 2 is 1.12 bits per heavy atom. The van der Waals surface area contributed by atoms with E-state index < -0.39 is 0 Å². The quantitative estimate of drug-likeness (QED) is 0.168. The summed E-state index contributed by atoms with van der Waals surface area (Å²) in [6, 6.07) is 1.86. The number of hydrogen-bond donors (Lipinski definition) is 1. The molecular weight excluding hydrogens is 744 g/mol. The number of aromatic nitrogens is 12. The van der Waals surface area contributed by atoms with Crippen molar-refractivity contribution in [3.63, 3.8) is 0 Å². The van der Waals surface area contributed by atoms with Gasteiger partial charge in [-0.25, -0.2) is 43.5 Å². The van der Waals surface area contributed by atoms with E-state index in [4.69, 9.17) is 0 Å². The van der Waals surface area contributed by atoms with Crippen molar-refractivity contribution in [2.45, 2.75) is 200 Å². The van der Waals surface area contributed by atoms with Gasteiger partial charge in [-0.1, -0.05) is 147 Å². The highest BCUT2D eigenvalue weighted by atomic mass is 15.3. The van der Waals surface area contributed by atoms with Crippen molar-refractivity contribution in [3.05, 3.63) is 70.7 Å². The molecule has 344 valence electrons. The van der Waals surface area contributed by atoms with Crippen LogP contribution in [0.4, 0.5) is 0 Å². The number of hydrogen-bond acceptors (Lipinski definition) is 10. The van der Waals surface area contributed by atoms with Gasteiger partial charge in [0.15, 0.2) is 16.9 Å². The molecule has 6 aromatic rings. The summed E-state index contributed by atoms with van der Waals surface area (Å²) in [5, 5.41) is 16.2. The third kappa shape index (κ3) is 24.1. The Morgan fingerprint density at radius 3 is 1.63 bits per heavy atom. The molecule has 7 rings (SSSR count). The minimum Gasteiger partial charge on any atom is -0.312 e. The van der Waals surface area contributed by atoms with Gasteiger partial charge in [0, 0.05) is 66.8 Å². The van der Waals surface area contributed by atoms with E-state index in [9.17, 15) is 0 Å². The van der Waals surface area contributed by atoms with Gasteiger partial charge in [0.2, 0.25) is 0 Å². The van der Waals surface area contributed by atoms with Crippen molar-refractivity contribution in [1.29, 1.82) is 0 Å². The molecule has 1 N–H and O–H groups in total. The predicted octanol–water partition coefficient (Wildman–Crippen LogP) is 11.7. The van der Waals surface area contributed by atoms with Crippen molar-refractivity contribution < 1.29 is 0 Å². The van der Waals surface area contributed by atoms with Gasteiger partial charge >= 0.3 is 0 Å². The fraction of sp³-hybridized carbons (Fsp3) is 0.667. The largest absolute Gasteiger partial charge is 0.312 e. The van der Waals surface area contributed by atoms with Gasteiger partial charge in [0.1, 0.15) is 29.1 Å². The molecule has 6 radical (unpaired) electrons. The fourth-order valence-electron chi connectivity index (χ4n) is 4.57. The van der Waals surface area contributed by atoms with Crippen molar-refractivity contribution >= 4 is 33.8 Å². The number of rotatable bonds is 2. The van der Waals surface area contributed by atoms with E-state index in [-0.39, 0.29) is 39.1 Å². The molecule has 7 heterocycles. The molecule has 0 amide bonds. The van der Waals surface area contributed by atoms with Crippen LogP contribution in [-0.2, 0) is 25.8 Å². The number of imidazole rings is 1. The maximum Gasteiger partial charge on any atom is 0.175 e. The molecule has 0 fully saturated rings. The molecular formula is C45H93B2N13. The summed E-state index contributed by atoms with van der Waals surface area (Å²) in [7, 11) is 0. The molecule has 13 nitrogen and oxygen atoms in total. The Labute approximate surface area is 374 Å². The van der Waals surface area contributed by atoms with Crippen LogP contribution in [0, 0.1) is 27.7 Å². The Morgan fingerprint density at radius 1 is 0.583 bits per heavy atom. The van der Waals surface area contributed by atoms with E-state index in [0.29, 0.717) is 0 Å². The number of nitrogens with zero attached hydrogens (tertiary/aromatic N) is 12. The molecule has 0 aliphatic carbocycles. The molecule has 0 atom stereocenters. The number of fused-ring (bicyclic) bond motifs is 5. The maximum atomic E-state index is 4.62. The zero-order valence-corrected chi connectivity index (χ0v) is 40.4. The summed E-state index contributed by atoms with van der Waals surface area (Å²) in [6.07, 6.45) is 8.06. The molecule has 0 aromatic carbocycles. The lowest BCUT2D eigenvalue weighted by atomic mass is 10.1. The first kappa shape index (κ1) is 76.5. The third-order valence-electron chi connectivity index (χ3n) is 6.29. The standard InChI is InChI=1S/C11H15N5.C8H10N4.C7H8N4.8C2H6.3CH4.2B/c1-3-10-13-7(2)14-11-8-6-12-5-4-9(8)15-16(10)11;1-3-7-8-9-4-5-12(8)11-6(2)10-7;1-5-9-6(2)11-7(10-5)3-4-8-11;8*1-2;;;;;/h12H,3-6H2,1-2H3;4-5H,3H2,1-2H3;3-4H,1-2H3;8*1-2H3;3*1H4;;. The molecule has 1 aliphatic heterocycles. The second-order valence-corrected chi connectivity index (χ2v) is 9.20. The van der Waals surface area contributed by atoms with Gasteiger partial charge in [-0.15, -0.1) is 0 Å². The Bertz CT molecular complexity index is 1770. The van der Waals surface area contributed by atoms with E-state index in [1.165, 1.54) is 11.3 Å². The SMILES string of the molecule is C.C.C.CC.CC.CC.CC.CC.CC.CC.CC.CCc1nc(C)nc2c3c(nn12)CCNC3.CCc1nc(C)nn2ccnc12.Cc1nc(C)n2nccc2n1.[B].[B]. The van der Waals surface area contributed by atoms with Crippen LogP contribution in [0.3, 0.4) is 0 Å². The summed E-state index contributed by atoms with van der Waals surface area (Å²) in [5.41, 5.74) is 6.12. The van der Waals surface area contributed by atoms with Crippen LogP contribution in [0.1, 0.15) is 193 Å². The van der Waals surface area contributed by atoms with Crippen LogP contribution in [0.25, 0.3) is 16.9 Å². The van der Waals surface area contributed by atoms with E-state index in [1.807, 2.05) is 155 Å². The summed E-state index contributed by atoms with van der Waals surface area (Å²) < 4.78 is 5.39. The minimum atomic E-state index is 0. The van der Waals surface area contributed by atoms with Crippen LogP contribution in [0.2, 0.25) is 0 Å². The molecule has 60 heavy (non-hydrogen) atoms. The zero-order chi connectivity index (χ0) is 43.5. The van der Waals surface area contributed by atoms with Crippen molar-refractivity contribution in [3.8, 4) is 0 Å². The zero-order valence-electron chi connectivity index (χ0n) is 40.4. The van der Waals surface area contributed by atoms with Gasteiger partial charge in [-0.3, -0.25) is 0 Å². The Balaban J connectivity index is -0.0000000774. The van der Waals surface area contributed by atoms with Crippen molar-refractivity contribution in [1.82, 2.24) is 64.1 Å². The van der Waals surface area contributed by atoms with E-state index in [2.05, 4.69) is 64.4 Å². The predicted molar refractivity (Wildman–Crippen MR) is 268 cm³/mol. The van der Waals surface area contributed by atoms with E-state index in [1.54, 1.807) is 21.4 Å². The topological polar surface area (TPSA) is 141 Å². The van der Waals surface area contributed by atoms with Crippen LogP contribution in [0.5, 0.6) is 0 Å². The highest BCUT2D eigenvalue weighted by molar-refractivity contribution is 5.76. The second-order valence-electron chi connectivity index (χ2n) is 9.20. The monoisotopic (exact) mass is 838 g/mol. The molecule has 0 spiro atoms. The highest BCUT2D eigenvalue weighted by Crippen LogP contribution is 2.18. The Hall–Kier alpha value is -4.26. The van der Waals surface area contributed by atoms with Gasteiger partial charge in [0.05, 0.1) is 17.6 Å². The van der Waals surface area contributed by atoms with Gasteiger partial charge in [0.25, 0.3) is 0 Å². The minimum absolute atomic E-state index is 0. The van der Waals surface area contributed by atoms with Crippen LogP contribution < -0.4 is 5.32 Å². The van der Waals surface area contributed by atoms with Gasteiger partial charge in [-0.05, 0) is 34.1 Å². The molecule has 1 aliphatic rings. The third-order valence-corrected chi connectivity index (χ3v) is 6.29. The summed E-state index contributed by atoms with van der Waals surface area (Å²) >= 11 is 0. The first-order chi connectivity index (χ1) is 26.9. The number of nitrogens with one attached hydrogen (secondary N) is 1. The molecule has 0 unspecified atom stereocenters. The van der Waals surface area contributed by atoms with Gasteiger partial charge < -0.3 is 5.32 Å². The molecule has 6 aromatic heterocycles. The fourth-order valence-corrected chi connectivity index (χ4v) is 4.57. The average molecular weight is 838 g/mol. The van der Waals surface area contributed by atoms with E-state index >= 15 is 0 Å². The maximum absolute atomic E-state index is 4.62. The average Bonchev–Trinajstić information content (AvgIpc) is 4.03. The first-order valence-corrected chi connectivity index (χ1v) is 21.1. The van der Waals surface area contributed by atoms with E-state index in [0.717, 1.165) is 84.1 Å². The second kappa shape index (κ2) is 49.1. The van der Waals surface area contributed by atoms with Gasteiger partial charge in [-0.2, -0.15) is 15.3 Å². The molecule has 0 saturated heterocycles. The summed E-state index contributed by atoms with van der Waals surface area (Å²) in [6.45, 7) is 45.7. The molecule has 0 saturated carbocycles. The van der Waals surface area contributed by atoms with Crippen molar-refractivity contribution in [2.75, 3.05) is 6.54 Å². The lowest BCUT2D eigenvalue weighted by molar-refractivity contribution is 0.636. The summed E-state index contributed by atoms with van der Waals surface area (Å²) in [5.74, 6) is 4.28. The smallest absolute Gasteiger partial charge is 0.175 e. The Kier molecular flexibility index (Phi) is 62.6. The normalized spacial score (nSPS) is 9.03. The van der Waals surface area contributed by atoms with Crippen LogP contribution in [0.15, 0.2) is 24.7 Å². The van der Waals surface area contributed by atoms with Crippen LogP contribution >= 0.6 is 0 Å². The van der Waals surface area contributed by atoms with Crippen molar-refractivity contribution in [2.24, 2.45) is 0 Å². The molecule has 15 heteroatoms. The lowest BCUT2D eigenvalue weighted by Gasteiger charge is -2.10. The number of aryl methyl sites for hydroxylation is 6. The summed E-state index contributed by atoms with van der Waals surface area (Å²) in [4.78, 5) is 25.8. The first-order valence-electron chi connectivity index (χ1n) is 21.1. The highest BCUT2D eigenvalue weighted by Gasteiger charge is 2.19. The molecule has 0 bridgehead atoms. The lowest BCUT2D eigenvalue weighted by Crippen LogP contribution is -2.23.